The Kier molecular flexibility index (Phi) is 6.15. The van der Waals surface area contributed by atoms with Gasteiger partial charge in [0.1, 0.15) is 4.21 Å². The van der Waals surface area contributed by atoms with Crippen molar-refractivity contribution in [3.8, 4) is 0 Å². The largest absolute Gasteiger partial charge is 0.326 e. The van der Waals surface area contributed by atoms with Crippen LogP contribution < -0.4 is 5.32 Å². The monoisotopic (exact) mass is 366 g/mol. The minimum Gasteiger partial charge on any atom is -0.326 e. The summed E-state index contributed by atoms with van der Waals surface area (Å²) in [5.74, 6) is -0.106. The number of nitrogens with one attached hydrogen (secondary N) is 1. The molecule has 2 rings (SSSR count). The molecule has 0 unspecified atom stereocenters. The summed E-state index contributed by atoms with van der Waals surface area (Å²) < 4.78 is 26.2. The average Bonchev–Trinajstić information content (AvgIpc) is 3.06. The molecule has 0 aliphatic carbocycles. The van der Waals surface area contributed by atoms with Gasteiger partial charge >= 0.3 is 0 Å². The second-order valence-corrected chi connectivity index (χ2v) is 8.95. The van der Waals surface area contributed by atoms with Gasteiger partial charge in [-0.2, -0.15) is 0 Å². The molecule has 0 saturated heterocycles. The highest BCUT2D eigenvalue weighted by Crippen LogP contribution is 2.20. The van der Waals surface area contributed by atoms with Crippen LogP contribution in [0.25, 0.3) is 0 Å². The number of carbonyl (C=O) groups excluding carboxylic acids is 1. The maximum absolute atomic E-state index is 12.3. The fourth-order valence-corrected chi connectivity index (χ4v) is 4.64. The Morgan fingerprint density at radius 2 is 2.00 bits per heavy atom. The Morgan fingerprint density at radius 1 is 1.25 bits per heavy atom. The standard InChI is InChI=1S/C17H22N2O3S2/c1-13-8-9-14(2)15(12-13)18-16(20)6-4-10-19(3)24(21,22)17-7-5-11-23-17/h5,7-9,11-12H,4,6,10H2,1-3H3,(H,18,20). The molecule has 0 fully saturated rings. The number of benzene rings is 1. The fraction of sp³-hybridized carbons (Fsp3) is 0.353. The van der Waals surface area contributed by atoms with E-state index in [4.69, 9.17) is 0 Å². The molecule has 0 spiro atoms. The minimum atomic E-state index is -3.44. The summed E-state index contributed by atoms with van der Waals surface area (Å²) in [6.45, 7) is 4.22. The van der Waals surface area contributed by atoms with Crippen molar-refractivity contribution >= 4 is 33.0 Å². The molecular formula is C17H22N2O3S2. The van der Waals surface area contributed by atoms with Gasteiger partial charge in [-0.3, -0.25) is 4.79 Å². The lowest BCUT2D eigenvalue weighted by Crippen LogP contribution is -2.28. The van der Waals surface area contributed by atoms with E-state index in [1.165, 1.54) is 22.7 Å². The van der Waals surface area contributed by atoms with Crippen molar-refractivity contribution in [2.24, 2.45) is 0 Å². The molecule has 1 N–H and O–H groups in total. The van der Waals surface area contributed by atoms with Gasteiger partial charge in [-0.05, 0) is 48.9 Å². The lowest BCUT2D eigenvalue weighted by molar-refractivity contribution is -0.116. The Hall–Kier alpha value is -1.70. The molecule has 1 aromatic carbocycles. The highest BCUT2D eigenvalue weighted by molar-refractivity contribution is 7.91. The maximum Gasteiger partial charge on any atom is 0.252 e. The molecule has 0 atom stereocenters. The van der Waals surface area contributed by atoms with Crippen LogP contribution in [-0.2, 0) is 14.8 Å². The van der Waals surface area contributed by atoms with Gasteiger partial charge in [0.15, 0.2) is 0 Å². The van der Waals surface area contributed by atoms with E-state index in [1.54, 1.807) is 17.5 Å². The molecule has 24 heavy (non-hydrogen) atoms. The number of rotatable bonds is 7. The predicted molar refractivity (Wildman–Crippen MR) is 97.9 cm³/mol. The highest BCUT2D eigenvalue weighted by Gasteiger charge is 2.21. The molecule has 1 aromatic heterocycles. The second kappa shape index (κ2) is 7.92. The van der Waals surface area contributed by atoms with E-state index in [0.717, 1.165) is 16.8 Å². The van der Waals surface area contributed by atoms with Crippen molar-refractivity contribution in [2.75, 3.05) is 18.9 Å². The van der Waals surface area contributed by atoms with Crippen molar-refractivity contribution in [1.29, 1.82) is 0 Å². The van der Waals surface area contributed by atoms with Crippen molar-refractivity contribution in [3.05, 3.63) is 46.8 Å². The van der Waals surface area contributed by atoms with E-state index in [2.05, 4.69) is 5.32 Å². The van der Waals surface area contributed by atoms with Gasteiger partial charge in [0.25, 0.3) is 10.0 Å². The molecule has 0 bridgehead atoms. The summed E-state index contributed by atoms with van der Waals surface area (Å²) in [6, 6.07) is 9.19. The Balaban J connectivity index is 1.85. The van der Waals surface area contributed by atoms with Crippen LogP contribution >= 0.6 is 11.3 Å². The number of carbonyl (C=O) groups is 1. The average molecular weight is 367 g/mol. The molecule has 2 aromatic rings. The third kappa shape index (κ3) is 4.66. The van der Waals surface area contributed by atoms with Gasteiger partial charge in [0, 0.05) is 25.7 Å². The SMILES string of the molecule is Cc1ccc(C)c(NC(=O)CCCN(C)S(=O)(=O)c2cccs2)c1. The van der Waals surface area contributed by atoms with Gasteiger partial charge in [0.2, 0.25) is 5.91 Å². The van der Waals surface area contributed by atoms with Crippen LogP contribution in [0.3, 0.4) is 0 Å². The number of amides is 1. The molecular weight excluding hydrogens is 344 g/mol. The summed E-state index contributed by atoms with van der Waals surface area (Å²) in [5, 5.41) is 4.62. The van der Waals surface area contributed by atoms with E-state index in [-0.39, 0.29) is 12.3 Å². The maximum atomic E-state index is 12.3. The summed E-state index contributed by atoms with van der Waals surface area (Å²) in [5.41, 5.74) is 2.89. The first-order valence-electron chi connectivity index (χ1n) is 7.67. The number of hydrogen-bond acceptors (Lipinski definition) is 4. The summed E-state index contributed by atoms with van der Waals surface area (Å²) in [6.07, 6.45) is 0.746. The van der Waals surface area contributed by atoms with Crippen LogP contribution in [0.4, 0.5) is 5.69 Å². The third-order valence-corrected chi connectivity index (χ3v) is 6.93. The van der Waals surface area contributed by atoms with Crippen molar-refractivity contribution in [1.82, 2.24) is 4.31 Å². The quantitative estimate of drug-likeness (QED) is 0.817. The number of hydrogen-bond donors (Lipinski definition) is 1. The zero-order valence-electron chi connectivity index (χ0n) is 14.1. The number of aryl methyl sites for hydroxylation is 2. The number of sulfonamides is 1. The number of anilines is 1. The molecule has 1 amide bonds. The van der Waals surface area contributed by atoms with Gasteiger partial charge in [-0.15, -0.1) is 11.3 Å². The number of thiophene rings is 1. The smallest absolute Gasteiger partial charge is 0.252 e. The predicted octanol–water partition coefficient (Wildman–Crippen LogP) is 3.40. The van der Waals surface area contributed by atoms with Crippen molar-refractivity contribution < 1.29 is 13.2 Å². The van der Waals surface area contributed by atoms with E-state index in [1.807, 2.05) is 32.0 Å². The first-order valence-corrected chi connectivity index (χ1v) is 9.99. The normalized spacial score (nSPS) is 11.7. The molecule has 1 heterocycles. The van der Waals surface area contributed by atoms with Crippen LogP contribution in [0.5, 0.6) is 0 Å². The zero-order chi connectivity index (χ0) is 17.7. The lowest BCUT2D eigenvalue weighted by atomic mass is 10.1. The topological polar surface area (TPSA) is 66.5 Å². The Labute approximate surface area is 147 Å². The molecule has 0 aliphatic heterocycles. The van der Waals surface area contributed by atoms with Crippen LogP contribution in [0.15, 0.2) is 39.9 Å². The Morgan fingerprint density at radius 3 is 2.67 bits per heavy atom. The molecule has 0 saturated carbocycles. The lowest BCUT2D eigenvalue weighted by Gasteiger charge is -2.16. The number of nitrogens with zero attached hydrogens (tertiary/aromatic N) is 1. The Bertz CT molecular complexity index is 799. The van der Waals surface area contributed by atoms with Crippen LogP contribution in [-0.4, -0.2) is 32.2 Å². The fourth-order valence-electron chi connectivity index (χ4n) is 2.23. The molecule has 0 aliphatic rings. The van der Waals surface area contributed by atoms with Gasteiger partial charge in [-0.25, -0.2) is 12.7 Å². The van der Waals surface area contributed by atoms with Gasteiger partial charge in [-0.1, -0.05) is 18.2 Å². The van der Waals surface area contributed by atoms with Crippen molar-refractivity contribution in [2.45, 2.75) is 30.9 Å². The summed E-state index contributed by atoms with van der Waals surface area (Å²) in [7, 11) is -1.91. The van der Waals surface area contributed by atoms with Crippen LogP contribution in [0.2, 0.25) is 0 Å². The minimum absolute atomic E-state index is 0.106. The first-order chi connectivity index (χ1) is 11.3. The first kappa shape index (κ1) is 18.6. The third-order valence-electron chi connectivity index (χ3n) is 3.70. The molecule has 5 nitrogen and oxygen atoms in total. The van der Waals surface area contributed by atoms with E-state index >= 15 is 0 Å². The highest BCUT2D eigenvalue weighted by atomic mass is 32.2. The second-order valence-electron chi connectivity index (χ2n) is 5.73. The van der Waals surface area contributed by atoms with E-state index in [0.29, 0.717) is 17.2 Å². The molecule has 7 heteroatoms. The van der Waals surface area contributed by atoms with Crippen molar-refractivity contribution in [3.63, 3.8) is 0 Å². The van der Waals surface area contributed by atoms with E-state index < -0.39 is 10.0 Å². The molecule has 130 valence electrons. The van der Waals surface area contributed by atoms with Crippen LogP contribution in [0, 0.1) is 13.8 Å². The van der Waals surface area contributed by atoms with Gasteiger partial charge in [0.05, 0.1) is 0 Å². The molecule has 0 radical (unpaired) electrons. The zero-order valence-corrected chi connectivity index (χ0v) is 15.7. The van der Waals surface area contributed by atoms with E-state index in [9.17, 15) is 13.2 Å². The van der Waals surface area contributed by atoms with Crippen LogP contribution in [0.1, 0.15) is 24.0 Å². The summed E-state index contributed by atoms with van der Waals surface area (Å²) in [4.78, 5) is 12.1. The van der Waals surface area contributed by atoms with Gasteiger partial charge < -0.3 is 5.32 Å². The summed E-state index contributed by atoms with van der Waals surface area (Å²) >= 11 is 1.19.